The fraction of sp³-hybridized carbons (Fsp3) is 0.571. The van der Waals surface area contributed by atoms with E-state index in [4.69, 9.17) is 10.7 Å². The summed E-state index contributed by atoms with van der Waals surface area (Å²) in [6.07, 6.45) is 3.76. The second-order valence-electron chi connectivity index (χ2n) is 5.10. The van der Waals surface area contributed by atoms with E-state index in [9.17, 15) is 0 Å². The summed E-state index contributed by atoms with van der Waals surface area (Å²) in [5.74, 6) is 1.78. The van der Waals surface area contributed by atoms with Gasteiger partial charge in [0.25, 0.3) is 0 Å². The van der Waals surface area contributed by atoms with Gasteiger partial charge in [-0.05, 0) is 20.3 Å². The summed E-state index contributed by atoms with van der Waals surface area (Å²) < 4.78 is 3.94. The molecule has 2 rings (SSSR count). The molecule has 0 atom stereocenters. The highest BCUT2D eigenvalue weighted by Crippen LogP contribution is 2.31. The van der Waals surface area contributed by atoms with E-state index in [2.05, 4.69) is 37.4 Å². The molecule has 0 saturated heterocycles. The lowest BCUT2D eigenvalue weighted by Gasteiger charge is -2.12. The van der Waals surface area contributed by atoms with E-state index in [1.165, 1.54) is 0 Å². The molecule has 0 aliphatic heterocycles. The first-order valence-corrected chi connectivity index (χ1v) is 6.89. The number of aryl methyl sites for hydroxylation is 3. The van der Waals surface area contributed by atoms with Crippen molar-refractivity contribution in [1.82, 2.24) is 19.3 Å². The summed E-state index contributed by atoms with van der Waals surface area (Å²) in [7, 11) is 1.93. The molecular weight excluding hydrogens is 238 g/mol. The molecule has 0 amide bonds. The number of nitrogens with two attached hydrogens (primary N) is 1. The molecule has 104 valence electrons. The van der Waals surface area contributed by atoms with E-state index in [0.29, 0.717) is 6.04 Å². The molecule has 0 aliphatic carbocycles. The Morgan fingerprint density at radius 2 is 1.95 bits per heavy atom. The zero-order valence-corrected chi connectivity index (χ0v) is 12.4. The first kappa shape index (κ1) is 13.6. The van der Waals surface area contributed by atoms with Crippen LogP contribution in [0.1, 0.15) is 45.3 Å². The predicted octanol–water partition coefficient (Wildman–Crippen LogP) is 2.57. The smallest absolute Gasteiger partial charge is 0.132 e. The molecule has 5 heteroatoms. The van der Waals surface area contributed by atoms with E-state index in [1.807, 2.05) is 17.9 Å². The van der Waals surface area contributed by atoms with Gasteiger partial charge in [0, 0.05) is 31.3 Å². The molecule has 2 aromatic rings. The number of hydrogen-bond acceptors (Lipinski definition) is 3. The molecule has 0 spiro atoms. The number of nitrogens with zero attached hydrogens (tertiary/aromatic N) is 4. The van der Waals surface area contributed by atoms with Crippen LogP contribution in [0.15, 0.2) is 6.20 Å². The van der Waals surface area contributed by atoms with Crippen molar-refractivity contribution >= 4 is 5.82 Å². The van der Waals surface area contributed by atoms with Gasteiger partial charge in [-0.1, -0.05) is 13.8 Å². The van der Waals surface area contributed by atoms with Gasteiger partial charge in [-0.2, -0.15) is 5.10 Å². The molecule has 0 aliphatic rings. The molecule has 0 fully saturated rings. The van der Waals surface area contributed by atoms with Crippen LogP contribution in [0.5, 0.6) is 0 Å². The van der Waals surface area contributed by atoms with E-state index < -0.39 is 0 Å². The minimum Gasteiger partial charge on any atom is -0.383 e. The minimum absolute atomic E-state index is 0.318. The Balaban J connectivity index is 2.62. The number of aromatic nitrogens is 4. The van der Waals surface area contributed by atoms with Crippen LogP contribution in [0.25, 0.3) is 11.3 Å². The third-order valence-electron chi connectivity index (χ3n) is 3.35. The van der Waals surface area contributed by atoms with E-state index in [1.54, 1.807) is 0 Å². The minimum atomic E-state index is 0.318. The predicted molar refractivity (Wildman–Crippen MR) is 78.0 cm³/mol. The monoisotopic (exact) mass is 261 g/mol. The highest BCUT2D eigenvalue weighted by Gasteiger charge is 2.20. The maximum absolute atomic E-state index is 6.31. The molecule has 2 aromatic heterocycles. The third kappa shape index (κ3) is 2.25. The maximum Gasteiger partial charge on any atom is 0.132 e. The summed E-state index contributed by atoms with van der Waals surface area (Å²) >= 11 is 0. The van der Waals surface area contributed by atoms with Gasteiger partial charge >= 0.3 is 0 Å². The Bertz CT molecular complexity index is 577. The summed E-state index contributed by atoms with van der Waals surface area (Å²) in [5.41, 5.74) is 9.28. The summed E-state index contributed by atoms with van der Waals surface area (Å²) in [6.45, 7) is 8.46. The van der Waals surface area contributed by atoms with Crippen molar-refractivity contribution in [1.29, 1.82) is 0 Å². The van der Waals surface area contributed by atoms with Gasteiger partial charge in [0.05, 0.1) is 5.69 Å². The lowest BCUT2D eigenvalue weighted by molar-refractivity contribution is 0.579. The zero-order valence-electron chi connectivity index (χ0n) is 12.4. The molecule has 0 bridgehead atoms. The van der Waals surface area contributed by atoms with Crippen molar-refractivity contribution in [3.05, 3.63) is 17.7 Å². The Morgan fingerprint density at radius 1 is 1.26 bits per heavy atom. The maximum atomic E-state index is 6.31. The van der Waals surface area contributed by atoms with Crippen LogP contribution in [0.3, 0.4) is 0 Å². The Morgan fingerprint density at radius 3 is 2.42 bits per heavy atom. The molecule has 2 heterocycles. The average Bonchev–Trinajstić information content (AvgIpc) is 2.88. The normalized spacial score (nSPS) is 11.5. The molecule has 5 nitrogen and oxygen atoms in total. The molecule has 0 unspecified atom stereocenters. The molecule has 0 radical (unpaired) electrons. The van der Waals surface area contributed by atoms with Crippen LogP contribution < -0.4 is 5.73 Å². The van der Waals surface area contributed by atoms with E-state index >= 15 is 0 Å². The van der Waals surface area contributed by atoms with Crippen molar-refractivity contribution < 1.29 is 0 Å². The zero-order chi connectivity index (χ0) is 14.2. The highest BCUT2D eigenvalue weighted by atomic mass is 15.3. The Hall–Kier alpha value is -1.78. The Labute approximate surface area is 114 Å². The van der Waals surface area contributed by atoms with Crippen LogP contribution in [-0.2, 0) is 19.9 Å². The highest BCUT2D eigenvalue weighted by molar-refractivity contribution is 5.72. The van der Waals surface area contributed by atoms with Gasteiger partial charge in [-0.25, -0.2) is 4.98 Å². The van der Waals surface area contributed by atoms with Gasteiger partial charge in [-0.3, -0.25) is 4.68 Å². The third-order valence-corrected chi connectivity index (χ3v) is 3.35. The molecule has 0 saturated carbocycles. The van der Waals surface area contributed by atoms with Gasteiger partial charge in [-0.15, -0.1) is 0 Å². The molecule has 0 aromatic carbocycles. The first-order valence-electron chi connectivity index (χ1n) is 6.89. The lowest BCUT2D eigenvalue weighted by atomic mass is 10.1. The number of nitrogen functional groups attached to an aromatic ring is 1. The van der Waals surface area contributed by atoms with Crippen LogP contribution in [0, 0.1) is 0 Å². The number of imidazole rings is 1. The first-order chi connectivity index (χ1) is 8.99. The van der Waals surface area contributed by atoms with Crippen molar-refractivity contribution in [3.8, 4) is 11.3 Å². The number of rotatable bonds is 4. The standard InChI is InChI=1S/C14H23N5/c1-6-11-10(8-18(5)17-11)13-14(15)19(9(3)4)12(7-2)16-13/h8-9H,6-7,15H2,1-5H3. The van der Waals surface area contributed by atoms with E-state index in [-0.39, 0.29) is 0 Å². The SMILES string of the molecule is CCc1nn(C)cc1-c1nc(CC)n(C(C)C)c1N. The topological polar surface area (TPSA) is 61.7 Å². The van der Waals surface area contributed by atoms with Gasteiger partial charge < -0.3 is 10.3 Å². The number of hydrogen-bond donors (Lipinski definition) is 1. The van der Waals surface area contributed by atoms with Crippen molar-refractivity contribution in [2.75, 3.05) is 5.73 Å². The molecular formula is C14H23N5. The van der Waals surface area contributed by atoms with Crippen molar-refractivity contribution in [2.45, 2.75) is 46.6 Å². The van der Waals surface area contributed by atoms with Gasteiger partial charge in [0.2, 0.25) is 0 Å². The second-order valence-corrected chi connectivity index (χ2v) is 5.10. The van der Waals surface area contributed by atoms with Crippen LogP contribution >= 0.6 is 0 Å². The summed E-state index contributed by atoms with van der Waals surface area (Å²) in [5, 5.41) is 4.47. The van der Waals surface area contributed by atoms with Crippen LogP contribution in [0.2, 0.25) is 0 Å². The van der Waals surface area contributed by atoms with E-state index in [0.717, 1.165) is 41.4 Å². The lowest BCUT2D eigenvalue weighted by Crippen LogP contribution is -2.08. The fourth-order valence-corrected chi connectivity index (χ4v) is 2.51. The van der Waals surface area contributed by atoms with Crippen LogP contribution in [0.4, 0.5) is 5.82 Å². The quantitative estimate of drug-likeness (QED) is 0.920. The summed E-state index contributed by atoms with van der Waals surface area (Å²) in [4.78, 5) is 4.73. The molecule has 2 N–H and O–H groups in total. The number of anilines is 1. The van der Waals surface area contributed by atoms with Gasteiger partial charge in [0.1, 0.15) is 17.3 Å². The Kier molecular flexibility index (Phi) is 3.64. The average molecular weight is 261 g/mol. The second kappa shape index (κ2) is 5.07. The largest absolute Gasteiger partial charge is 0.383 e. The van der Waals surface area contributed by atoms with Gasteiger partial charge in [0.15, 0.2) is 0 Å². The summed E-state index contributed by atoms with van der Waals surface area (Å²) in [6, 6.07) is 0.318. The van der Waals surface area contributed by atoms with Crippen LogP contribution in [-0.4, -0.2) is 19.3 Å². The van der Waals surface area contributed by atoms with Crippen molar-refractivity contribution in [3.63, 3.8) is 0 Å². The molecule has 19 heavy (non-hydrogen) atoms. The van der Waals surface area contributed by atoms with Crippen molar-refractivity contribution in [2.24, 2.45) is 7.05 Å². The fourth-order valence-electron chi connectivity index (χ4n) is 2.51.